The molecule has 0 aliphatic carbocycles. The lowest BCUT2D eigenvalue weighted by Crippen LogP contribution is -2.39. The molecule has 1 aromatic rings. The summed E-state index contributed by atoms with van der Waals surface area (Å²) in [6.45, 7) is 8.43. The number of thiophene rings is 1. The van der Waals surface area contributed by atoms with Crippen LogP contribution in [0.3, 0.4) is 0 Å². The molecule has 1 N–H and O–H groups in total. The smallest absolute Gasteiger partial charge is 0.305 e. The summed E-state index contributed by atoms with van der Waals surface area (Å²) in [5.74, 6) is -0.922. The summed E-state index contributed by atoms with van der Waals surface area (Å²) in [6.07, 6.45) is 2.97. The van der Waals surface area contributed by atoms with Gasteiger partial charge < -0.3 is 10.0 Å². The van der Waals surface area contributed by atoms with Crippen molar-refractivity contribution in [3.05, 3.63) is 21.4 Å². The molecule has 0 fully saturated rings. The van der Waals surface area contributed by atoms with Crippen LogP contribution in [0.2, 0.25) is 0 Å². The number of carbonyl (C=O) groups excluding carboxylic acids is 1. The fourth-order valence-corrected chi connectivity index (χ4v) is 3.78. The molecule has 1 aromatic heterocycles. The van der Waals surface area contributed by atoms with Gasteiger partial charge in [-0.1, -0.05) is 20.3 Å². The van der Waals surface area contributed by atoms with Gasteiger partial charge in [0, 0.05) is 17.5 Å². The first-order valence-corrected chi connectivity index (χ1v) is 8.40. The normalized spacial score (nSPS) is 12.2. The molecule has 0 spiro atoms. The van der Waals surface area contributed by atoms with Crippen LogP contribution in [0.15, 0.2) is 6.07 Å². The van der Waals surface area contributed by atoms with E-state index in [0.717, 1.165) is 24.1 Å². The van der Waals surface area contributed by atoms with Crippen LogP contribution in [0.5, 0.6) is 0 Å². The van der Waals surface area contributed by atoms with E-state index < -0.39 is 5.97 Å². The van der Waals surface area contributed by atoms with E-state index in [1.54, 1.807) is 23.2 Å². The van der Waals surface area contributed by atoms with Crippen LogP contribution in [-0.4, -0.2) is 34.5 Å². The van der Waals surface area contributed by atoms with E-state index in [0.29, 0.717) is 6.54 Å². The van der Waals surface area contributed by atoms with E-state index in [9.17, 15) is 9.59 Å². The largest absolute Gasteiger partial charge is 0.481 e. The highest BCUT2D eigenvalue weighted by atomic mass is 32.1. The second kappa shape index (κ2) is 8.17. The molecule has 0 radical (unpaired) electrons. The van der Waals surface area contributed by atoms with Crippen molar-refractivity contribution in [2.45, 2.75) is 59.4 Å². The number of hydrogen-bond donors (Lipinski definition) is 1. The van der Waals surface area contributed by atoms with Crippen LogP contribution in [0.25, 0.3) is 0 Å². The SMILES string of the molecule is CCCc1sc(C(=O)N(CC)C(C)CC(=O)O)cc1CC. The average molecular weight is 311 g/mol. The van der Waals surface area contributed by atoms with Gasteiger partial charge in [-0.25, -0.2) is 0 Å². The maximum absolute atomic E-state index is 12.6. The Morgan fingerprint density at radius 2 is 2.00 bits per heavy atom. The minimum atomic E-state index is -0.874. The molecule has 1 unspecified atom stereocenters. The van der Waals surface area contributed by atoms with E-state index in [2.05, 4.69) is 13.8 Å². The number of rotatable bonds is 8. The molecule has 1 amide bonds. The van der Waals surface area contributed by atoms with Gasteiger partial charge >= 0.3 is 5.97 Å². The first kappa shape index (κ1) is 17.7. The first-order valence-electron chi connectivity index (χ1n) is 7.58. The maximum atomic E-state index is 12.6. The molecule has 1 heterocycles. The van der Waals surface area contributed by atoms with E-state index in [-0.39, 0.29) is 18.4 Å². The molecule has 4 nitrogen and oxygen atoms in total. The van der Waals surface area contributed by atoms with E-state index in [4.69, 9.17) is 5.11 Å². The van der Waals surface area contributed by atoms with Gasteiger partial charge in [-0.2, -0.15) is 0 Å². The Hall–Kier alpha value is -1.36. The van der Waals surface area contributed by atoms with E-state index >= 15 is 0 Å². The molecule has 118 valence electrons. The zero-order valence-electron chi connectivity index (χ0n) is 13.3. The predicted octanol–water partition coefficient (Wildman–Crippen LogP) is 3.59. The summed E-state index contributed by atoms with van der Waals surface area (Å²) in [5, 5.41) is 8.90. The third-order valence-corrected chi connectivity index (χ3v) is 4.79. The van der Waals surface area contributed by atoms with Crippen molar-refractivity contribution in [2.75, 3.05) is 6.54 Å². The van der Waals surface area contributed by atoms with Crippen LogP contribution in [0.1, 0.15) is 60.6 Å². The highest BCUT2D eigenvalue weighted by Gasteiger charge is 2.24. The minimum absolute atomic E-state index is 0.0204. The Kier molecular flexibility index (Phi) is 6.89. The van der Waals surface area contributed by atoms with Crippen molar-refractivity contribution >= 4 is 23.2 Å². The fraction of sp³-hybridized carbons (Fsp3) is 0.625. The van der Waals surface area contributed by atoms with Gasteiger partial charge in [0.2, 0.25) is 0 Å². The lowest BCUT2D eigenvalue weighted by atomic mass is 10.1. The summed E-state index contributed by atoms with van der Waals surface area (Å²) < 4.78 is 0. The summed E-state index contributed by atoms with van der Waals surface area (Å²) in [6, 6.07) is 1.69. The highest BCUT2D eigenvalue weighted by molar-refractivity contribution is 7.14. The standard InChI is InChI=1S/C16H25NO3S/c1-5-8-13-12(6-2)10-14(21-13)16(20)17(7-3)11(4)9-15(18)19/h10-11H,5-9H2,1-4H3,(H,18,19). The number of aliphatic carboxylic acids is 1. The van der Waals surface area contributed by atoms with E-state index in [1.807, 2.05) is 13.0 Å². The number of carboxylic acids is 1. The van der Waals surface area contributed by atoms with Crippen LogP contribution in [-0.2, 0) is 17.6 Å². The van der Waals surface area contributed by atoms with Gasteiger partial charge in [0.15, 0.2) is 0 Å². The zero-order chi connectivity index (χ0) is 16.0. The topological polar surface area (TPSA) is 57.6 Å². The van der Waals surface area contributed by atoms with Crippen LogP contribution in [0.4, 0.5) is 0 Å². The lowest BCUT2D eigenvalue weighted by Gasteiger charge is -2.26. The molecule has 0 aliphatic heterocycles. The summed E-state index contributed by atoms with van der Waals surface area (Å²) in [4.78, 5) is 27.1. The Bertz CT molecular complexity index is 496. The minimum Gasteiger partial charge on any atom is -0.481 e. The number of carboxylic acid groups (broad SMARTS) is 1. The van der Waals surface area contributed by atoms with Gasteiger partial charge in [0.05, 0.1) is 11.3 Å². The summed E-state index contributed by atoms with van der Waals surface area (Å²) >= 11 is 1.56. The van der Waals surface area contributed by atoms with Crippen molar-refractivity contribution in [2.24, 2.45) is 0 Å². The molecular weight excluding hydrogens is 286 g/mol. The first-order chi connectivity index (χ1) is 9.94. The van der Waals surface area contributed by atoms with E-state index in [1.165, 1.54) is 10.4 Å². The Morgan fingerprint density at radius 1 is 1.33 bits per heavy atom. The lowest BCUT2D eigenvalue weighted by molar-refractivity contribution is -0.138. The van der Waals surface area contributed by atoms with Crippen molar-refractivity contribution < 1.29 is 14.7 Å². The van der Waals surface area contributed by atoms with Gasteiger partial charge in [0.25, 0.3) is 5.91 Å². The van der Waals surface area contributed by atoms with Crippen molar-refractivity contribution in [1.29, 1.82) is 0 Å². The Morgan fingerprint density at radius 3 is 2.48 bits per heavy atom. The van der Waals surface area contributed by atoms with Gasteiger partial charge in [0.1, 0.15) is 0 Å². The number of nitrogens with zero attached hydrogens (tertiary/aromatic N) is 1. The van der Waals surface area contributed by atoms with Crippen LogP contribution in [0, 0.1) is 0 Å². The molecule has 0 aliphatic rings. The van der Waals surface area contributed by atoms with Gasteiger partial charge in [-0.05, 0) is 38.3 Å². The molecule has 1 rings (SSSR count). The zero-order valence-corrected chi connectivity index (χ0v) is 14.1. The molecular formula is C16H25NO3S. The Balaban J connectivity index is 2.96. The van der Waals surface area contributed by atoms with Crippen LogP contribution >= 0.6 is 11.3 Å². The predicted molar refractivity (Wildman–Crippen MR) is 86.1 cm³/mol. The maximum Gasteiger partial charge on any atom is 0.305 e. The molecule has 0 bridgehead atoms. The Labute approximate surface area is 130 Å². The van der Waals surface area contributed by atoms with Gasteiger partial charge in [-0.15, -0.1) is 11.3 Å². The summed E-state index contributed by atoms with van der Waals surface area (Å²) in [7, 11) is 0. The summed E-state index contributed by atoms with van der Waals surface area (Å²) in [5.41, 5.74) is 1.24. The van der Waals surface area contributed by atoms with Crippen molar-refractivity contribution in [3.63, 3.8) is 0 Å². The van der Waals surface area contributed by atoms with Crippen LogP contribution < -0.4 is 0 Å². The number of carbonyl (C=O) groups is 2. The third-order valence-electron chi connectivity index (χ3n) is 3.57. The number of amides is 1. The third kappa shape index (κ3) is 4.56. The second-order valence-corrected chi connectivity index (χ2v) is 6.34. The van der Waals surface area contributed by atoms with Crippen molar-refractivity contribution in [3.8, 4) is 0 Å². The average Bonchev–Trinajstić information content (AvgIpc) is 2.82. The molecule has 0 aromatic carbocycles. The molecule has 1 atom stereocenters. The van der Waals surface area contributed by atoms with Crippen molar-refractivity contribution in [1.82, 2.24) is 4.90 Å². The van der Waals surface area contributed by atoms with Gasteiger partial charge in [-0.3, -0.25) is 9.59 Å². The molecule has 5 heteroatoms. The number of hydrogen-bond acceptors (Lipinski definition) is 3. The molecule has 0 saturated carbocycles. The molecule has 0 saturated heterocycles. The molecule has 21 heavy (non-hydrogen) atoms. The monoisotopic (exact) mass is 311 g/mol. The number of aryl methyl sites for hydroxylation is 2. The fourth-order valence-electron chi connectivity index (χ4n) is 2.47. The highest BCUT2D eigenvalue weighted by Crippen LogP contribution is 2.26. The quantitative estimate of drug-likeness (QED) is 0.798. The second-order valence-electron chi connectivity index (χ2n) is 5.20.